The van der Waals surface area contributed by atoms with Crippen LogP contribution < -0.4 is 5.32 Å². The molecule has 2 heterocycles. The van der Waals surface area contributed by atoms with Gasteiger partial charge in [-0.05, 0) is 25.1 Å². The quantitative estimate of drug-likeness (QED) is 0.862. The maximum atomic E-state index is 12.5. The maximum Gasteiger partial charge on any atom is 0.260 e. The van der Waals surface area contributed by atoms with Crippen LogP contribution in [0.1, 0.15) is 19.4 Å². The normalized spacial score (nSPS) is 21.0. The first-order valence-corrected chi connectivity index (χ1v) is 8.25. The van der Waals surface area contributed by atoms with Gasteiger partial charge in [0.15, 0.2) is 5.03 Å². The number of pyridine rings is 1. The Morgan fingerprint density at radius 1 is 1.50 bits per heavy atom. The number of morpholine rings is 1. The van der Waals surface area contributed by atoms with Crippen molar-refractivity contribution in [2.45, 2.75) is 31.5 Å². The van der Waals surface area contributed by atoms with Crippen LogP contribution in [0.2, 0.25) is 0 Å². The van der Waals surface area contributed by atoms with Crippen LogP contribution in [0.4, 0.5) is 0 Å². The molecular formula is C13H21N3O3S. The lowest BCUT2D eigenvalue weighted by molar-refractivity contribution is 0.0101. The molecule has 1 unspecified atom stereocenters. The highest BCUT2D eigenvalue weighted by Crippen LogP contribution is 2.17. The topological polar surface area (TPSA) is 71.5 Å². The van der Waals surface area contributed by atoms with Crippen molar-refractivity contribution >= 4 is 10.0 Å². The summed E-state index contributed by atoms with van der Waals surface area (Å²) in [4.78, 5) is 4.09. The van der Waals surface area contributed by atoms with Gasteiger partial charge in [-0.2, -0.15) is 4.31 Å². The second kappa shape index (κ2) is 6.62. The first kappa shape index (κ1) is 15.4. The second-order valence-corrected chi connectivity index (χ2v) is 6.71. The van der Waals surface area contributed by atoms with E-state index in [4.69, 9.17) is 4.74 Å². The molecule has 1 atom stereocenters. The van der Waals surface area contributed by atoms with Gasteiger partial charge in [0.05, 0.1) is 12.7 Å². The molecule has 0 aromatic carbocycles. The van der Waals surface area contributed by atoms with E-state index in [1.807, 2.05) is 13.8 Å². The summed E-state index contributed by atoms with van der Waals surface area (Å²) in [5.74, 6) is 0. The number of nitrogens with one attached hydrogen (secondary N) is 1. The molecule has 6 nitrogen and oxygen atoms in total. The third-order valence-corrected chi connectivity index (χ3v) is 4.97. The number of hydrogen-bond acceptors (Lipinski definition) is 5. The third kappa shape index (κ3) is 3.54. The molecule has 0 spiro atoms. The van der Waals surface area contributed by atoms with E-state index >= 15 is 0 Å². The van der Waals surface area contributed by atoms with Crippen molar-refractivity contribution in [1.29, 1.82) is 0 Å². The van der Waals surface area contributed by atoms with Crippen molar-refractivity contribution in [3.8, 4) is 0 Å². The van der Waals surface area contributed by atoms with Crippen molar-refractivity contribution in [2.75, 3.05) is 26.2 Å². The van der Waals surface area contributed by atoms with Crippen LogP contribution in [0.5, 0.6) is 0 Å². The molecule has 0 radical (unpaired) electrons. The molecule has 0 aliphatic carbocycles. The van der Waals surface area contributed by atoms with Gasteiger partial charge in [-0.3, -0.25) is 0 Å². The van der Waals surface area contributed by atoms with Gasteiger partial charge in [0, 0.05) is 25.8 Å². The lowest BCUT2D eigenvalue weighted by atomic mass is 10.3. The zero-order valence-electron chi connectivity index (χ0n) is 11.9. The van der Waals surface area contributed by atoms with Crippen molar-refractivity contribution in [2.24, 2.45) is 0 Å². The van der Waals surface area contributed by atoms with Crippen LogP contribution in [0.25, 0.3) is 0 Å². The standard InChI is InChI=1S/C13H21N3O3S/c1-3-14-8-12-4-5-13(15-9-12)20(17,18)16-6-7-19-11(2)10-16/h4-5,9,11,14H,3,6-8,10H2,1-2H3. The first-order valence-electron chi connectivity index (χ1n) is 6.81. The van der Waals surface area contributed by atoms with Gasteiger partial charge >= 0.3 is 0 Å². The Kier molecular flexibility index (Phi) is 5.09. The van der Waals surface area contributed by atoms with Gasteiger partial charge in [-0.1, -0.05) is 13.0 Å². The molecule has 2 rings (SSSR count). The molecule has 1 aliphatic heterocycles. The van der Waals surface area contributed by atoms with E-state index in [2.05, 4.69) is 10.3 Å². The van der Waals surface area contributed by atoms with Crippen molar-refractivity contribution in [3.05, 3.63) is 23.9 Å². The van der Waals surface area contributed by atoms with Crippen LogP contribution >= 0.6 is 0 Å². The molecule has 0 saturated carbocycles. The van der Waals surface area contributed by atoms with Crippen LogP contribution in [-0.2, 0) is 21.3 Å². The van der Waals surface area contributed by atoms with Crippen LogP contribution in [0, 0.1) is 0 Å². The molecule has 1 aromatic rings. The Morgan fingerprint density at radius 3 is 2.90 bits per heavy atom. The lowest BCUT2D eigenvalue weighted by Crippen LogP contribution is -2.44. The fraction of sp³-hybridized carbons (Fsp3) is 0.615. The first-order chi connectivity index (χ1) is 9.54. The molecule has 0 amide bonds. The molecular weight excluding hydrogens is 278 g/mol. The summed E-state index contributed by atoms with van der Waals surface area (Å²) < 4.78 is 31.7. The van der Waals surface area contributed by atoms with E-state index in [1.165, 1.54) is 4.31 Å². The van der Waals surface area contributed by atoms with Gasteiger partial charge in [0.25, 0.3) is 10.0 Å². The van der Waals surface area contributed by atoms with Crippen LogP contribution in [0.15, 0.2) is 23.4 Å². The largest absolute Gasteiger partial charge is 0.376 e. The van der Waals surface area contributed by atoms with E-state index < -0.39 is 10.0 Å². The average Bonchev–Trinajstić information content (AvgIpc) is 2.45. The van der Waals surface area contributed by atoms with E-state index in [0.717, 1.165) is 12.1 Å². The number of aromatic nitrogens is 1. The molecule has 1 aromatic heterocycles. The Balaban J connectivity index is 2.12. The minimum absolute atomic E-state index is 0.0773. The van der Waals surface area contributed by atoms with E-state index in [9.17, 15) is 8.42 Å². The highest BCUT2D eigenvalue weighted by Gasteiger charge is 2.29. The van der Waals surface area contributed by atoms with E-state index in [0.29, 0.717) is 26.2 Å². The molecule has 7 heteroatoms. The highest BCUT2D eigenvalue weighted by molar-refractivity contribution is 7.89. The van der Waals surface area contributed by atoms with Gasteiger partial charge < -0.3 is 10.1 Å². The molecule has 1 N–H and O–H groups in total. The summed E-state index contributed by atoms with van der Waals surface area (Å²) in [5.41, 5.74) is 0.973. The maximum absolute atomic E-state index is 12.5. The fourth-order valence-corrected chi connectivity index (χ4v) is 3.49. The van der Waals surface area contributed by atoms with Gasteiger partial charge in [-0.25, -0.2) is 13.4 Å². The van der Waals surface area contributed by atoms with Crippen LogP contribution in [-0.4, -0.2) is 50.1 Å². The molecule has 1 saturated heterocycles. The van der Waals surface area contributed by atoms with Gasteiger partial charge in [0.2, 0.25) is 0 Å². The minimum Gasteiger partial charge on any atom is -0.376 e. The number of hydrogen-bond donors (Lipinski definition) is 1. The summed E-state index contributed by atoms with van der Waals surface area (Å²) >= 11 is 0. The third-order valence-electron chi connectivity index (χ3n) is 3.18. The predicted molar refractivity (Wildman–Crippen MR) is 75.8 cm³/mol. The van der Waals surface area contributed by atoms with Crippen molar-refractivity contribution in [3.63, 3.8) is 0 Å². The smallest absolute Gasteiger partial charge is 0.260 e. The summed E-state index contributed by atoms with van der Waals surface area (Å²) in [5, 5.41) is 3.28. The van der Waals surface area contributed by atoms with E-state index in [-0.39, 0.29) is 11.1 Å². The Morgan fingerprint density at radius 2 is 2.30 bits per heavy atom. The average molecular weight is 299 g/mol. The number of ether oxygens (including phenoxy) is 1. The van der Waals surface area contributed by atoms with E-state index in [1.54, 1.807) is 18.3 Å². The Hall–Kier alpha value is -1.02. The monoisotopic (exact) mass is 299 g/mol. The van der Waals surface area contributed by atoms with Gasteiger partial charge in [0.1, 0.15) is 0 Å². The number of nitrogens with zero attached hydrogens (tertiary/aromatic N) is 2. The fourth-order valence-electron chi connectivity index (χ4n) is 2.07. The summed E-state index contributed by atoms with van der Waals surface area (Å²) in [7, 11) is -3.51. The SMILES string of the molecule is CCNCc1ccc(S(=O)(=O)N2CCOC(C)C2)nc1. The summed E-state index contributed by atoms with van der Waals surface area (Å²) in [6, 6.07) is 3.37. The molecule has 1 aliphatic rings. The highest BCUT2D eigenvalue weighted by atomic mass is 32.2. The summed E-state index contributed by atoms with van der Waals surface area (Å²) in [6.45, 7) is 6.64. The summed E-state index contributed by atoms with van der Waals surface area (Å²) in [6.07, 6.45) is 1.53. The zero-order chi connectivity index (χ0) is 14.6. The van der Waals surface area contributed by atoms with Crippen molar-refractivity contribution in [1.82, 2.24) is 14.6 Å². The number of sulfonamides is 1. The van der Waals surface area contributed by atoms with Crippen molar-refractivity contribution < 1.29 is 13.2 Å². The minimum atomic E-state index is -3.51. The zero-order valence-corrected chi connectivity index (χ0v) is 12.7. The predicted octanol–water partition coefficient (Wildman–Crippen LogP) is 0.600. The molecule has 1 fully saturated rings. The Bertz CT molecular complexity index is 530. The Labute approximate surface area is 120 Å². The van der Waals surface area contributed by atoms with Gasteiger partial charge in [-0.15, -0.1) is 0 Å². The number of rotatable bonds is 5. The second-order valence-electron chi connectivity index (χ2n) is 4.83. The molecule has 20 heavy (non-hydrogen) atoms. The van der Waals surface area contributed by atoms with Crippen LogP contribution in [0.3, 0.4) is 0 Å². The lowest BCUT2D eigenvalue weighted by Gasteiger charge is -2.29. The molecule has 0 bridgehead atoms. The molecule has 112 valence electrons.